The van der Waals surface area contributed by atoms with Gasteiger partial charge in [0.1, 0.15) is 0 Å². The lowest BCUT2D eigenvalue weighted by Gasteiger charge is -2.34. The maximum Gasteiger partial charge on any atom is 0.179 e. The minimum atomic E-state index is -2.66. The fourth-order valence-electron chi connectivity index (χ4n) is 11.3. The zero-order chi connectivity index (χ0) is 45.0. The zero-order valence-corrected chi connectivity index (χ0v) is 38.4. The Morgan fingerprint density at radius 2 is 0.618 bits per heavy atom. The molecule has 0 N–H and O–H groups in total. The Kier molecular flexibility index (Phi) is 9.59. The van der Waals surface area contributed by atoms with E-state index in [-0.39, 0.29) is 0 Å². The summed E-state index contributed by atoms with van der Waals surface area (Å²) < 4.78 is 2.50. The molecule has 0 saturated heterocycles. The molecule has 2 heteroatoms. The average Bonchev–Trinajstić information content (AvgIpc) is 3.74. The van der Waals surface area contributed by atoms with Crippen LogP contribution in [0.3, 0.4) is 0 Å². The van der Waals surface area contributed by atoms with E-state index in [1.807, 2.05) is 0 Å². The first-order valence-electron chi connectivity index (χ1n) is 23.6. The Morgan fingerprint density at radius 1 is 0.235 bits per heavy atom. The molecule has 318 valence electrons. The van der Waals surface area contributed by atoms with Crippen LogP contribution >= 0.6 is 0 Å². The molecule has 0 aliphatic heterocycles. The first-order valence-corrected chi connectivity index (χ1v) is 25.6. The Morgan fingerprint density at radius 3 is 1.12 bits per heavy atom. The maximum absolute atomic E-state index is 2.66. The van der Waals surface area contributed by atoms with Crippen LogP contribution < -0.4 is 20.7 Å². The fraction of sp³-hybridized carbons (Fsp3) is 0. The predicted octanol–water partition coefficient (Wildman–Crippen LogP) is 14.6. The zero-order valence-electron chi connectivity index (χ0n) is 37.4. The highest BCUT2D eigenvalue weighted by molar-refractivity contribution is 7.19. The molecule has 1 nitrogen and oxygen atoms in total. The van der Waals surface area contributed by atoms with Gasteiger partial charge < -0.3 is 4.57 Å². The highest BCUT2D eigenvalue weighted by Gasteiger charge is 2.41. The summed E-state index contributed by atoms with van der Waals surface area (Å²) in [7, 11) is -2.66. The minimum Gasteiger partial charge on any atom is -0.309 e. The fourth-order valence-corrected chi connectivity index (χ4v) is 16.0. The van der Waals surface area contributed by atoms with E-state index in [0.29, 0.717) is 0 Å². The standard InChI is InChI=1S/C66H45NSi/c1-4-22-51(23-5-1)68(52-24-6-2-7-25-52,53-26-8-3-9-27-53)54-38-34-48(35-39-54)59-40-43-64(61-31-15-14-30-60(59)61)67-65-41-36-49(57-32-16-20-46-18-10-12-28-55(46)57)44-62(65)63-45-50(37-42-66(63)67)58-33-17-21-47-19-11-13-29-56(47)58/h1-45H. The number of nitrogens with zero attached hydrogens (tertiary/aromatic N) is 1. The lowest BCUT2D eigenvalue weighted by Crippen LogP contribution is -2.74. The molecule has 0 fully saturated rings. The second-order valence-electron chi connectivity index (χ2n) is 18.0. The van der Waals surface area contributed by atoms with Crippen LogP contribution in [-0.4, -0.2) is 12.6 Å². The lowest BCUT2D eigenvalue weighted by atomic mass is 9.95. The molecule has 0 saturated carbocycles. The molecule has 68 heavy (non-hydrogen) atoms. The Balaban J connectivity index is 0.995. The summed E-state index contributed by atoms with van der Waals surface area (Å²) in [5, 5.41) is 15.4. The van der Waals surface area contributed by atoms with Gasteiger partial charge in [0.2, 0.25) is 0 Å². The van der Waals surface area contributed by atoms with Crippen LogP contribution in [0.5, 0.6) is 0 Å². The Hall–Kier alpha value is -8.56. The summed E-state index contributed by atoms with van der Waals surface area (Å²) in [4.78, 5) is 0. The van der Waals surface area contributed by atoms with E-state index in [1.165, 1.54) is 114 Å². The van der Waals surface area contributed by atoms with Crippen molar-refractivity contribution in [3.05, 3.63) is 273 Å². The van der Waals surface area contributed by atoms with Gasteiger partial charge in [-0.1, -0.05) is 243 Å². The Bertz CT molecular complexity index is 3760. The molecule has 1 aromatic heterocycles. The van der Waals surface area contributed by atoms with E-state index in [2.05, 4.69) is 278 Å². The normalized spacial score (nSPS) is 11.8. The summed E-state index contributed by atoms with van der Waals surface area (Å²) >= 11 is 0. The quantitative estimate of drug-likeness (QED) is 0.106. The molecule has 0 spiro atoms. The van der Waals surface area contributed by atoms with Crippen LogP contribution in [-0.2, 0) is 0 Å². The number of hydrogen-bond donors (Lipinski definition) is 0. The number of benzene rings is 12. The van der Waals surface area contributed by atoms with E-state index in [9.17, 15) is 0 Å². The lowest BCUT2D eigenvalue weighted by molar-refractivity contribution is 1.20. The summed E-state index contributed by atoms with van der Waals surface area (Å²) in [5.41, 5.74) is 10.9. The third-order valence-corrected chi connectivity index (χ3v) is 19.2. The third kappa shape index (κ3) is 6.37. The van der Waals surface area contributed by atoms with Crippen molar-refractivity contribution in [3.8, 4) is 39.1 Å². The van der Waals surface area contributed by atoms with Crippen molar-refractivity contribution in [2.45, 2.75) is 0 Å². The van der Waals surface area contributed by atoms with E-state index >= 15 is 0 Å². The molecular weight excluding hydrogens is 835 g/mol. The van der Waals surface area contributed by atoms with E-state index in [0.717, 1.165) is 0 Å². The molecule has 13 rings (SSSR count). The van der Waals surface area contributed by atoms with Crippen LogP contribution in [0.1, 0.15) is 0 Å². The van der Waals surface area contributed by atoms with Gasteiger partial charge in [0.05, 0.1) is 16.7 Å². The molecule has 12 aromatic carbocycles. The number of rotatable bonds is 8. The summed E-state index contributed by atoms with van der Waals surface area (Å²) in [6, 6.07) is 102. The van der Waals surface area contributed by atoms with Crippen LogP contribution in [0.25, 0.3) is 93.2 Å². The largest absolute Gasteiger partial charge is 0.309 e. The second-order valence-corrected chi connectivity index (χ2v) is 21.8. The molecular formula is C66H45NSi. The van der Waals surface area contributed by atoms with Crippen molar-refractivity contribution in [2.75, 3.05) is 0 Å². The van der Waals surface area contributed by atoms with E-state index in [1.54, 1.807) is 0 Å². The highest BCUT2D eigenvalue weighted by Crippen LogP contribution is 2.42. The molecule has 1 heterocycles. The van der Waals surface area contributed by atoms with Crippen molar-refractivity contribution in [1.82, 2.24) is 4.57 Å². The van der Waals surface area contributed by atoms with Crippen molar-refractivity contribution in [3.63, 3.8) is 0 Å². The number of fused-ring (bicyclic) bond motifs is 6. The van der Waals surface area contributed by atoms with Crippen LogP contribution in [0.15, 0.2) is 273 Å². The van der Waals surface area contributed by atoms with Crippen LogP contribution in [0.2, 0.25) is 0 Å². The van der Waals surface area contributed by atoms with Gasteiger partial charge in [0, 0.05) is 16.2 Å². The maximum atomic E-state index is 2.50. The van der Waals surface area contributed by atoms with Crippen molar-refractivity contribution in [1.29, 1.82) is 0 Å². The first-order chi connectivity index (χ1) is 33.7. The van der Waals surface area contributed by atoms with Crippen molar-refractivity contribution in [2.24, 2.45) is 0 Å². The molecule has 0 aliphatic rings. The molecule has 13 aromatic rings. The predicted molar refractivity (Wildman–Crippen MR) is 293 cm³/mol. The van der Waals surface area contributed by atoms with Crippen molar-refractivity contribution >= 4 is 82.9 Å². The van der Waals surface area contributed by atoms with Gasteiger partial charge in [-0.2, -0.15) is 0 Å². The first kappa shape index (κ1) is 39.8. The third-order valence-electron chi connectivity index (χ3n) is 14.4. The van der Waals surface area contributed by atoms with E-state index < -0.39 is 8.07 Å². The van der Waals surface area contributed by atoms with Gasteiger partial charge in [0.25, 0.3) is 0 Å². The summed E-state index contributed by atoms with van der Waals surface area (Å²) in [5.74, 6) is 0. The van der Waals surface area contributed by atoms with Gasteiger partial charge in [-0.05, 0) is 111 Å². The number of hydrogen-bond acceptors (Lipinski definition) is 0. The Labute approximate surface area is 397 Å². The minimum absolute atomic E-state index is 1.17. The van der Waals surface area contributed by atoms with Gasteiger partial charge >= 0.3 is 0 Å². The average molecular weight is 880 g/mol. The molecule has 0 atom stereocenters. The molecule has 0 bridgehead atoms. The van der Waals surface area contributed by atoms with Crippen LogP contribution in [0, 0.1) is 0 Å². The van der Waals surface area contributed by atoms with Gasteiger partial charge in [-0.3, -0.25) is 0 Å². The smallest absolute Gasteiger partial charge is 0.179 e. The second kappa shape index (κ2) is 16.4. The van der Waals surface area contributed by atoms with Crippen molar-refractivity contribution < 1.29 is 0 Å². The number of aromatic nitrogens is 1. The van der Waals surface area contributed by atoms with E-state index in [4.69, 9.17) is 0 Å². The SMILES string of the molecule is c1ccc([Si](c2ccccc2)(c2ccccc2)c2ccc(-c3ccc(-n4c5ccc(-c6cccc7ccccc67)cc5c5cc(-c6cccc7ccccc67)ccc54)c4ccccc34)cc2)cc1. The molecule has 0 aliphatic carbocycles. The summed E-state index contributed by atoms with van der Waals surface area (Å²) in [6.45, 7) is 0. The topological polar surface area (TPSA) is 4.93 Å². The molecule has 0 amide bonds. The highest BCUT2D eigenvalue weighted by atomic mass is 28.3. The monoisotopic (exact) mass is 879 g/mol. The van der Waals surface area contributed by atoms with Gasteiger partial charge in [-0.15, -0.1) is 0 Å². The van der Waals surface area contributed by atoms with Crippen LogP contribution in [0.4, 0.5) is 0 Å². The molecule has 0 unspecified atom stereocenters. The van der Waals surface area contributed by atoms with Gasteiger partial charge in [0.15, 0.2) is 8.07 Å². The van der Waals surface area contributed by atoms with Gasteiger partial charge in [-0.25, -0.2) is 0 Å². The summed E-state index contributed by atoms with van der Waals surface area (Å²) in [6.07, 6.45) is 0. The molecule has 0 radical (unpaired) electrons.